The monoisotopic (exact) mass is 370 g/mol. The second-order valence-corrected chi connectivity index (χ2v) is 9.26. The van der Waals surface area contributed by atoms with E-state index in [0.717, 1.165) is 22.4 Å². The Balaban J connectivity index is 1.66. The van der Waals surface area contributed by atoms with Crippen molar-refractivity contribution in [2.24, 2.45) is 5.92 Å². The van der Waals surface area contributed by atoms with Crippen LogP contribution in [-0.2, 0) is 22.8 Å². The van der Waals surface area contributed by atoms with Crippen molar-refractivity contribution in [3.05, 3.63) is 66.0 Å². The molecule has 6 heteroatoms. The van der Waals surface area contributed by atoms with E-state index in [9.17, 15) is 13.5 Å². The molecule has 4 rings (SSSR count). The summed E-state index contributed by atoms with van der Waals surface area (Å²) in [5, 5.41) is 10.7. The summed E-state index contributed by atoms with van der Waals surface area (Å²) in [6.45, 7) is 0.402. The topological polar surface area (TPSA) is 72.2 Å². The Morgan fingerprint density at radius 2 is 1.85 bits per heavy atom. The Labute approximate surface area is 153 Å². The first kappa shape index (κ1) is 17.2. The molecule has 1 fully saturated rings. The highest BCUT2D eigenvalue weighted by Gasteiger charge is 2.29. The number of benzene rings is 2. The molecule has 1 N–H and O–H groups in total. The van der Waals surface area contributed by atoms with Gasteiger partial charge in [0, 0.05) is 6.42 Å². The van der Waals surface area contributed by atoms with Crippen LogP contribution in [0.25, 0.3) is 11.0 Å². The average Bonchev–Trinajstić information content (AvgIpc) is 3.15. The van der Waals surface area contributed by atoms with Crippen molar-refractivity contribution >= 4 is 20.9 Å². The quantitative estimate of drug-likeness (QED) is 0.750. The van der Waals surface area contributed by atoms with Crippen molar-refractivity contribution in [3.8, 4) is 0 Å². The van der Waals surface area contributed by atoms with Crippen LogP contribution in [0.4, 0.5) is 0 Å². The SMILES string of the molecule is O=S1(=O)CCC(Cc2nc3ccccc3n2CC(O)c2ccccc2)C1. The van der Waals surface area contributed by atoms with Crippen molar-refractivity contribution in [2.45, 2.75) is 25.5 Å². The van der Waals surface area contributed by atoms with Gasteiger partial charge in [0.2, 0.25) is 0 Å². The minimum absolute atomic E-state index is 0.101. The summed E-state index contributed by atoms with van der Waals surface area (Å²) in [5.74, 6) is 1.45. The van der Waals surface area contributed by atoms with Crippen LogP contribution in [0.2, 0.25) is 0 Å². The third kappa shape index (κ3) is 3.52. The number of fused-ring (bicyclic) bond motifs is 1. The number of rotatable bonds is 5. The maximum absolute atomic E-state index is 11.8. The molecule has 26 heavy (non-hydrogen) atoms. The van der Waals surface area contributed by atoms with E-state index in [0.29, 0.717) is 19.4 Å². The summed E-state index contributed by atoms with van der Waals surface area (Å²) in [7, 11) is -2.91. The lowest BCUT2D eigenvalue weighted by Gasteiger charge is -2.16. The molecule has 2 aromatic carbocycles. The molecule has 0 aliphatic carbocycles. The lowest BCUT2D eigenvalue weighted by molar-refractivity contribution is 0.156. The van der Waals surface area contributed by atoms with Gasteiger partial charge in [-0.25, -0.2) is 13.4 Å². The van der Waals surface area contributed by atoms with Gasteiger partial charge in [-0.2, -0.15) is 0 Å². The number of aliphatic hydroxyl groups is 1. The molecule has 1 saturated heterocycles. The molecule has 1 aromatic heterocycles. The van der Waals surface area contributed by atoms with Gasteiger partial charge in [-0.15, -0.1) is 0 Å². The van der Waals surface area contributed by atoms with E-state index in [1.807, 2.05) is 59.2 Å². The van der Waals surface area contributed by atoms with Gasteiger partial charge in [-0.3, -0.25) is 0 Å². The maximum atomic E-state index is 11.8. The second-order valence-electron chi connectivity index (χ2n) is 7.03. The van der Waals surface area contributed by atoms with Crippen molar-refractivity contribution in [3.63, 3.8) is 0 Å². The molecule has 0 bridgehead atoms. The molecule has 136 valence electrons. The summed E-state index contributed by atoms with van der Waals surface area (Å²) < 4.78 is 25.6. The van der Waals surface area contributed by atoms with Crippen LogP contribution < -0.4 is 0 Å². The standard InChI is InChI=1S/C20H22N2O3S/c23-19(16-6-2-1-3-7-16)13-22-18-9-5-4-8-17(18)21-20(22)12-15-10-11-26(24,25)14-15/h1-9,15,19,23H,10-14H2. The van der Waals surface area contributed by atoms with E-state index >= 15 is 0 Å². The van der Waals surface area contributed by atoms with Crippen molar-refractivity contribution < 1.29 is 13.5 Å². The molecule has 0 spiro atoms. The Hall–Kier alpha value is -2.18. The fraction of sp³-hybridized carbons (Fsp3) is 0.350. The number of hydrogen-bond acceptors (Lipinski definition) is 4. The third-order valence-corrected chi connectivity index (χ3v) is 6.91. The van der Waals surface area contributed by atoms with Crippen LogP contribution in [0, 0.1) is 5.92 Å². The van der Waals surface area contributed by atoms with Gasteiger partial charge in [0.05, 0.1) is 35.2 Å². The fourth-order valence-electron chi connectivity index (χ4n) is 3.73. The Morgan fingerprint density at radius 1 is 1.12 bits per heavy atom. The van der Waals surface area contributed by atoms with E-state index in [1.165, 1.54) is 0 Å². The van der Waals surface area contributed by atoms with Crippen molar-refractivity contribution in [1.82, 2.24) is 9.55 Å². The van der Waals surface area contributed by atoms with Crippen LogP contribution in [0.1, 0.15) is 23.9 Å². The van der Waals surface area contributed by atoms with E-state index < -0.39 is 15.9 Å². The van der Waals surface area contributed by atoms with Gasteiger partial charge in [0.25, 0.3) is 0 Å². The van der Waals surface area contributed by atoms with Gasteiger partial charge >= 0.3 is 0 Å². The summed E-state index contributed by atoms with van der Waals surface area (Å²) in [6, 6.07) is 17.4. The van der Waals surface area contributed by atoms with Gasteiger partial charge in [0.15, 0.2) is 9.84 Å². The Bertz CT molecular complexity index is 1010. The molecule has 0 radical (unpaired) electrons. The Morgan fingerprint density at radius 3 is 2.58 bits per heavy atom. The van der Waals surface area contributed by atoms with Crippen LogP contribution >= 0.6 is 0 Å². The van der Waals surface area contributed by atoms with Crippen LogP contribution in [0.5, 0.6) is 0 Å². The average molecular weight is 370 g/mol. The molecule has 1 aliphatic rings. The first-order chi connectivity index (χ1) is 12.5. The lowest BCUT2D eigenvalue weighted by atomic mass is 10.0. The van der Waals surface area contributed by atoms with E-state index in [-0.39, 0.29) is 17.4 Å². The lowest BCUT2D eigenvalue weighted by Crippen LogP contribution is -2.15. The van der Waals surface area contributed by atoms with E-state index in [4.69, 9.17) is 4.98 Å². The van der Waals surface area contributed by atoms with Crippen LogP contribution in [0.15, 0.2) is 54.6 Å². The zero-order valence-electron chi connectivity index (χ0n) is 14.5. The zero-order chi connectivity index (χ0) is 18.1. The molecule has 0 amide bonds. The molecule has 3 aromatic rings. The van der Waals surface area contributed by atoms with Gasteiger partial charge in [-0.05, 0) is 30.0 Å². The predicted octanol–water partition coefficient (Wildman–Crippen LogP) is 2.75. The highest BCUT2D eigenvalue weighted by molar-refractivity contribution is 7.91. The molecular formula is C20H22N2O3S. The summed E-state index contributed by atoms with van der Waals surface area (Å²) in [6.07, 6.45) is 0.669. The molecule has 2 unspecified atom stereocenters. The molecule has 0 saturated carbocycles. The molecule has 5 nitrogen and oxygen atoms in total. The number of aromatic nitrogens is 2. The zero-order valence-corrected chi connectivity index (χ0v) is 15.3. The number of nitrogens with zero attached hydrogens (tertiary/aromatic N) is 2. The summed E-state index contributed by atoms with van der Waals surface area (Å²) in [4.78, 5) is 4.73. The third-order valence-electron chi connectivity index (χ3n) is 5.07. The van der Waals surface area contributed by atoms with Gasteiger partial charge in [-0.1, -0.05) is 42.5 Å². The smallest absolute Gasteiger partial charge is 0.150 e. The van der Waals surface area contributed by atoms with Gasteiger partial charge < -0.3 is 9.67 Å². The highest BCUT2D eigenvalue weighted by atomic mass is 32.2. The first-order valence-corrected chi connectivity index (χ1v) is 10.7. The number of imidazole rings is 1. The number of hydrogen-bond donors (Lipinski definition) is 1. The number of para-hydroxylation sites is 2. The number of aliphatic hydroxyl groups excluding tert-OH is 1. The minimum Gasteiger partial charge on any atom is -0.387 e. The van der Waals surface area contributed by atoms with Crippen molar-refractivity contribution in [1.29, 1.82) is 0 Å². The molecule has 2 heterocycles. The highest BCUT2D eigenvalue weighted by Crippen LogP contribution is 2.26. The van der Waals surface area contributed by atoms with E-state index in [1.54, 1.807) is 0 Å². The molecule has 2 atom stereocenters. The second kappa shape index (κ2) is 6.85. The summed E-state index contributed by atoms with van der Waals surface area (Å²) >= 11 is 0. The van der Waals surface area contributed by atoms with Crippen LogP contribution in [-0.4, -0.2) is 34.6 Å². The number of sulfone groups is 1. The molecule has 1 aliphatic heterocycles. The minimum atomic E-state index is -2.91. The van der Waals surface area contributed by atoms with E-state index in [2.05, 4.69) is 0 Å². The van der Waals surface area contributed by atoms with Gasteiger partial charge in [0.1, 0.15) is 5.82 Å². The van der Waals surface area contributed by atoms with Crippen LogP contribution in [0.3, 0.4) is 0 Å². The van der Waals surface area contributed by atoms with Crippen molar-refractivity contribution in [2.75, 3.05) is 11.5 Å². The fourth-order valence-corrected chi connectivity index (χ4v) is 5.59. The normalized spacial score (nSPS) is 20.4. The maximum Gasteiger partial charge on any atom is 0.150 e. The molecular weight excluding hydrogens is 348 g/mol. The largest absolute Gasteiger partial charge is 0.387 e. The predicted molar refractivity (Wildman–Crippen MR) is 102 cm³/mol. The first-order valence-electron chi connectivity index (χ1n) is 8.89. The Kier molecular flexibility index (Phi) is 4.54. The summed E-state index contributed by atoms with van der Waals surface area (Å²) in [5.41, 5.74) is 2.71.